The topological polar surface area (TPSA) is 76.4 Å². The van der Waals surface area contributed by atoms with E-state index in [1.165, 1.54) is 28.9 Å². The van der Waals surface area contributed by atoms with Crippen molar-refractivity contribution in [1.82, 2.24) is 14.6 Å². The first-order chi connectivity index (χ1) is 14.5. The predicted molar refractivity (Wildman–Crippen MR) is 114 cm³/mol. The van der Waals surface area contributed by atoms with E-state index in [2.05, 4.69) is 31.3 Å². The molecule has 0 fully saturated rings. The highest BCUT2D eigenvalue weighted by Gasteiger charge is 2.30. The number of sulfone groups is 1. The summed E-state index contributed by atoms with van der Waals surface area (Å²) in [6.45, 7) is 0. The Hall–Kier alpha value is -2.92. The first-order valence-electron chi connectivity index (χ1n) is 8.81. The third kappa shape index (κ3) is 4.42. The Morgan fingerprint density at radius 3 is 2.42 bits per heavy atom. The average Bonchev–Trinajstić information content (AvgIpc) is 3.08. The number of nitrogens with one attached hydrogen (secondary N) is 1. The van der Waals surface area contributed by atoms with E-state index in [1.807, 2.05) is 0 Å². The molecule has 2 heterocycles. The molecule has 2 aromatic carbocycles. The molecule has 31 heavy (non-hydrogen) atoms. The van der Waals surface area contributed by atoms with Crippen LogP contribution in [0.4, 0.5) is 24.7 Å². The van der Waals surface area contributed by atoms with Gasteiger partial charge in [0, 0.05) is 23.6 Å². The van der Waals surface area contributed by atoms with Crippen molar-refractivity contribution < 1.29 is 21.6 Å². The van der Waals surface area contributed by atoms with E-state index in [4.69, 9.17) is 0 Å². The molecule has 0 aliphatic heterocycles. The zero-order valence-electron chi connectivity index (χ0n) is 15.9. The van der Waals surface area contributed by atoms with Crippen LogP contribution >= 0.6 is 15.9 Å². The SMILES string of the molecule is CS(=O)(=O)c1ccc(Nc2cc(-c3cccc(C(F)(F)F)c3)nc3c(Br)cnn23)cc1. The van der Waals surface area contributed by atoms with Crippen LogP contribution in [0, 0.1) is 0 Å². The van der Waals surface area contributed by atoms with Gasteiger partial charge in [0.2, 0.25) is 0 Å². The number of aromatic nitrogens is 3. The lowest BCUT2D eigenvalue weighted by Crippen LogP contribution is -2.05. The second kappa shape index (κ2) is 7.65. The highest BCUT2D eigenvalue weighted by Crippen LogP contribution is 2.33. The number of nitrogens with zero attached hydrogens (tertiary/aromatic N) is 3. The van der Waals surface area contributed by atoms with Gasteiger partial charge in [-0.25, -0.2) is 13.4 Å². The molecule has 160 valence electrons. The normalized spacial score (nSPS) is 12.3. The minimum Gasteiger partial charge on any atom is -0.340 e. The van der Waals surface area contributed by atoms with Crippen molar-refractivity contribution in [1.29, 1.82) is 0 Å². The molecule has 0 aliphatic carbocycles. The molecule has 0 saturated carbocycles. The van der Waals surface area contributed by atoms with Crippen LogP contribution in [0.2, 0.25) is 0 Å². The Bertz CT molecular complexity index is 1380. The smallest absolute Gasteiger partial charge is 0.340 e. The van der Waals surface area contributed by atoms with Crippen LogP contribution < -0.4 is 5.32 Å². The Labute approximate surface area is 183 Å². The number of alkyl halides is 3. The van der Waals surface area contributed by atoms with Crippen LogP contribution in [-0.2, 0) is 16.0 Å². The fourth-order valence-corrected chi connectivity index (χ4v) is 3.94. The third-order valence-electron chi connectivity index (χ3n) is 4.47. The third-order valence-corrected chi connectivity index (χ3v) is 6.16. The maximum Gasteiger partial charge on any atom is 0.416 e. The van der Waals surface area contributed by atoms with Crippen molar-refractivity contribution in [3.8, 4) is 11.3 Å². The lowest BCUT2D eigenvalue weighted by atomic mass is 10.1. The number of halogens is 4. The number of hydrogen-bond donors (Lipinski definition) is 1. The summed E-state index contributed by atoms with van der Waals surface area (Å²) in [4.78, 5) is 4.61. The fraction of sp³-hybridized carbons (Fsp3) is 0.100. The van der Waals surface area contributed by atoms with Crippen molar-refractivity contribution in [2.45, 2.75) is 11.1 Å². The molecule has 0 amide bonds. The molecule has 0 bridgehead atoms. The highest BCUT2D eigenvalue weighted by molar-refractivity contribution is 9.10. The standard InChI is InChI=1S/C20H14BrF3N4O2S/c1-31(29,30)15-7-5-14(6-8-15)26-18-10-17(27-19-16(21)11-25-28(18)19)12-3-2-4-13(9-12)20(22,23)24/h2-11,26H,1H3. The fourth-order valence-electron chi connectivity index (χ4n) is 2.96. The van der Waals surface area contributed by atoms with Crippen molar-refractivity contribution >= 4 is 42.9 Å². The minimum atomic E-state index is -4.47. The molecule has 1 N–H and O–H groups in total. The number of fused-ring (bicyclic) bond motifs is 1. The van der Waals surface area contributed by atoms with Gasteiger partial charge in [-0.1, -0.05) is 12.1 Å². The lowest BCUT2D eigenvalue weighted by molar-refractivity contribution is -0.137. The number of benzene rings is 2. The maximum atomic E-state index is 13.1. The van der Waals surface area contributed by atoms with Gasteiger partial charge in [0.05, 0.1) is 26.8 Å². The summed E-state index contributed by atoms with van der Waals surface area (Å²) in [6, 6.07) is 12.6. The van der Waals surface area contributed by atoms with Gasteiger partial charge in [-0.05, 0) is 52.3 Å². The summed E-state index contributed by atoms with van der Waals surface area (Å²) < 4.78 is 64.8. The van der Waals surface area contributed by atoms with Crippen LogP contribution in [-0.4, -0.2) is 29.3 Å². The van der Waals surface area contributed by atoms with Crippen LogP contribution in [0.15, 0.2) is 70.2 Å². The molecule has 2 aromatic heterocycles. The van der Waals surface area contributed by atoms with Gasteiger partial charge in [0.1, 0.15) is 5.82 Å². The van der Waals surface area contributed by atoms with Crippen LogP contribution in [0.3, 0.4) is 0 Å². The van der Waals surface area contributed by atoms with Crippen molar-refractivity contribution in [2.24, 2.45) is 0 Å². The first kappa shape index (κ1) is 21.3. The van der Waals surface area contributed by atoms with E-state index in [1.54, 1.807) is 24.3 Å². The quantitative estimate of drug-likeness (QED) is 0.401. The van der Waals surface area contributed by atoms with E-state index in [0.29, 0.717) is 32.9 Å². The van der Waals surface area contributed by atoms with Gasteiger partial charge >= 0.3 is 6.18 Å². The Kier molecular flexibility index (Phi) is 5.26. The lowest BCUT2D eigenvalue weighted by Gasteiger charge is -2.12. The van der Waals surface area contributed by atoms with Crippen LogP contribution in [0.5, 0.6) is 0 Å². The zero-order valence-corrected chi connectivity index (χ0v) is 18.3. The van der Waals surface area contributed by atoms with Crippen LogP contribution in [0.25, 0.3) is 16.9 Å². The highest BCUT2D eigenvalue weighted by atomic mass is 79.9. The van der Waals surface area contributed by atoms with Gasteiger partial charge in [-0.2, -0.15) is 22.8 Å². The Balaban J connectivity index is 1.80. The van der Waals surface area contributed by atoms with E-state index >= 15 is 0 Å². The monoisotopic (exact) mass is 510 g/mol. The largest absolute Gasteiger partial charge is 0.416 e. The first-order valence-corrected chi connectivity index (χ1v) is 11.5. The summed E-state index contributed by atoms with van der Waals surface area (Å²) >= 11 is 3.35. The molecule has 0 saturated heterocycles. The molecule has 0 radical (unpaired) electrons. The summed E-state index contributed by atoms with van der Waals surface area (Å²) in [5.41, 5.74) is 0.813. The Morgan fingerprint density at radius 2 is 1.77 bits per heavy atom. The average molecular weight is 511 g/mol. The minimum absolute atomic E-state index is 0.171. The summed E-state index contributed by atoms with van der Waals surface area (Å²) in [5, 5.41) is 7.35. The van der Waals surface area contributed by atoms with Gasteiger partial charge < -0.3 is 5.32 Å². The number of rotatable bonds is 4. The molecule has 4 aromatic rings. The second-order valence-corrected chi connectivity index (χ2v) is 9.62. The van der Waals surface area contributed by atoms with E-state index < -0.39 is 21.6 Å². The summed E-state index contributed by atoms with van der Waals surface area (Å²) in [6.07, 6.45) is -1.83. The van der Waals surface area contributed by atoms with E-state index in [9.17, 15) is 21.6 Å². The molecule has 0 spiro atoms. The Morgan fingerprint density at radius 1 is 1.06 bits per heavy atom. The summed E-state index contributed by atoms with van der Waals surface area (Å²) in [5.74, 6) is 0.440. The van der Waals surface area contributed by atoms with Gasteiger partial charge in [0.25, 0.3) is 0 Å². The number of hydrogen-bond acceptors (Lipinski definition) is 5. The van der Waals surface area contributed by atoms with Crippen LogP contribution in [0.1, 0.15) is 5.56 Å². The van der Waals surface area contributed by atoms with Gasteiger partial charge in [-0.15, -0.1) is 0 Å². The molecular weight excluding hydrogens is 497 g/mol. The molecule has 11 heteroatoms. The second-order valence-electron chi connectivity index (χ2n) is 6.75. The predicted octanol–water partition coefficient (Wildman–Crippen LogP) is 5.32. The molecule has 4 rings (SSSR count). The molecule has 0 atom stereocenters. The molecular formula is C20H14BrF3N4O2S. The van der Waals surface area contributed by atoms with E-state index in [-0.39, 0.29) is 4.90 Å². The van der Waals surface area contributed by atoms with E-state index in [0.717, 1.165) is 18.4 Å². The molecule has 6 nitrogen and oxygen atoms in total. The number of anilines is 2. The zero-order chi connectivity index (χ0) is 22.4. The molecule has 0 unspecified atom stereocenters. The van der Waals surface area contributed by atoms with Gasteiger partial charge in [0.15, 0.2) is 15.5 Å². The summed E-state index contributed by atoms with van der Waals surface area (Å²) in [7, 11) is -3.34. The van der Waals surface area contributed by atoms with Crippen molar-refractivity contribution in [2.75, 3.05) is 11.6 Å². The van der Waals surface area contributed by atoms with Crippen molar-refractivity contribution in [3.05, 3.63) is 70.8 Å². The maximum absolute atomic E-state index is 13.1. The van der Waals surface area contributed by atoms with Gasteiger partial charge in [-0.3, -0.25) is 0 Å². The van der Waals surface area contributed by atoms with Crippen molar-refractivity contribution in [3.63, 3.8) is 0 Å². The molecule has 0 aliphatic rings.